The highest BCUT2D eigenvalue weighted by molar-refractivity contribution is 5.98. The standard InChI is InChI=1S/C14H22N4O/c1-17(2)14(6-4-7-14)10-18(3)13(19)11-9-16-8-5-12(11)15/h5,8-9H,4,6-7,10H2,1-3H3,(H2,15,16). The van der Waals surface area contributed by atoms with E-state index >= 15 is 0 Å². The molecule has 5 nitrogen and oxygen atoms in total. The molecule has 0 unspecified atom stereocenters. The van der Waals surface area contributed by atoms with Gasteiger partial charge in [0.1, 0.15) is 0 Å². The van der Waals surface area contributed by atoms with Gasteiger partial charge in [-0.3, -0.25) is 9.78 Å². The molecule has 1 amide bonds. The first kappa shape index (κ1) is 13.8. The van der Waals surface area contributed by atoms with E-state index < -0.39 is 0 Å². The van der Waals surface area contributed by atoms with E-state index in [4.69, 9.17) is 5.73 Å². The molecule has 1 saturated carbocycles. The Morgan fingerprint density at radius 3 is 2.58 bits per heavy atom. The topological polar surface area (TPSA) is 62.5 Å². The number of nitrogens with two attached hydrogens (primary N) is 1. The molecule has 1 aliphatic carbocycles. The van der Waals surface area contributed by atoms with Crippen LogP contribution in [0, 0.1) is 0 Å². The average Bonchev–Trinajstić information content (AvgIpc) is 2.32. The second kappa shape index (κ2) is 5.17. The SMILES string of the molecule is CN(CC1(N(C)C)CCC1)C(=O)c1cnccc1N. The van der Waals surface area contributed by atoms with Gasteiger partial charge in [-0.15, -0.1) is 0 Å². The highest BCUT2D eigenvalue weighted by atomic mass is 16.2. The molecule has 1 aromatic rings. The minimum Gasteiger partial charge on any atom is -0.398 e. The Labute approximate surface area is 114 Å². The van der Waals surface area contributed by atoms with Crippen molar-refractivity contribution in [1.82, 2.24) is 14.8 Å². The predicted molar refractivity (Wildman–Crippen MR) is 75.9 cm³/mol. The van der Waals surface area contributed by atoms with Gasteiger partial charge in [-0.1, -0.05) is 0 Å². The van der Waals surface area contributed by atoms with Crippen LogP contribution in [-0.2, 0) is 0 Å². The Hall–Kier alpha value is -1.62. The van der Waals surface area contributed by atoms with Crippen molar-refractivity contribution >= 4 is 11.6 Å². The third-order valence-corrected chi connectivity index (χ3v) is 4.20. The van der Waals surface area contributed by atoms with Gasteiger partial charge in [-0.25, -0.2) is 0 Å². The normalized spacial score (nSPS) is 17.1. The first-order valence-corrected chi connectivity index (χ1v) is 6.59. The van der Waals surface area contributed by atoms with Crippen molar-refractivity contribution in [2.75, 3.05) is 33.4 Å². The van der Waals surface area contributed by atoms with E-state index in [1.807, 2.05) is 7.05 Å². The Kier molecular flexibility index (Phi) is 3.75. The van der Waals surface area contributed by atoms with Gasteiger partial charge in [0, 0.05) is 37.2 Å². The van der Waals surface area contributed by atoms with Crippen LogP contribution in [0.3, 0.4) is 0 Å². The van der Waals surface area contributed by atoms with Crippen molar-refractivity contribution in [3.05, 3.63) is 24.0 Å². The molecule has 2 rings (SSSR count). The van der Waals surface area contributed by atoms with Gasteiger partial charge in [0.15, 0.2) is 0 Å². The summed E-state index contributed by atoms with van der Waals surface area (Å²) in [6.45, 7) is 0.729. The number of pyridine rings is 1. The van der Waals surface area contributed by atoms with Gasteiger partial charge in [0.2, 0.25) is 0 Å². The second-order valence-electron chi connectivity index (χ2n) is 5.60. The quantitative estimate of drug-likeness (QED) is 0.886. The van der Waals surface area contributed by atoms with E-state index in [2.05, 4.69) is 24.0 Å². The molecule has 1 fully saturated rings. The zero-order chi connectivity index (χ0) is 14.0. The summed E-state index contributed by atoms with van der Waals surface area (Å²) in [5.74, 6) is -0.0567. The number of anilines is 1. The lowest BCUT2D eigenvalue weighted by molar-refractivity contribution is 0.0253. The summed E-state index contributed by atoms with van der Waals surface area (Å²) in [6.07, 6.45) is 6.64. The summed E-state index contributed by atoms with van der Waals surface area (Å²) in [7, 11) is 5.99. The molecule has 0 aliphatic heterocycles. The Balaban J connectivity index is 2.10. The van der Waals surface area contributed by atoms with Crippen molar-refractivity contribution in [3.8, 4) is 0 Å². The third-order valence-electron chi connectivity index (χ3n) is 4.20. The molecule has 19 heavy (non-hydrogen) atoms. The molecule has 2 N–H and O–H groups in total. The predicted octanol–water partition coefficient (Wildman–Crippen LogP) is 1.22. The summed E-state index contributed by atoms with van der Waals surface area (Å²) in [5, 5.41) is 0. The molecule has 5 heteroatoms. The molecule has 0 saturated heterocycles. The van der Waals surface area contributed by atoms with E-state index in [-0.39, 0.29) is 11.4 Å². The number of nitrogen functional groups attached to an aromatic ring is 1. The molecule has 0 bridgehead atoms. The second-order valence-corrected chi connectivity index (χ2v) is 5.60. The molecule has 0 aromatic carbocycles. The van der Waals surface area contributed by atoms with Crippen molar-refractivity contribution in [2.45, 2.75) is 24.8 Å². The lowest BCUT2D eigenvalue weighted by Gasteiger charge is -2.49. The number of amides is 1. The Morgan fingerprint density at radius 2 is 2.11 bits per heavy atom. The van der Waals surface area contributed by atoms with Gasteiger partial charge in [-0.05, 0) is 39.4 Å². The smallest absolute Gasteiger partial charge is 0.257 e. The molecule has 0 atom stereocenters. The van der Waals surface area contributed by atoms with E-state index in [1.165, 1.54) is 12.6 Å². The summed E-state index contributed by atoms with van der Waals surface area (Å²) in [5.41, 5.74) is 6.93. The summed E-state index contributed by atoms with van der Waals surface area (Å²) < 4.78 is 0. The van der Waals surface area contributed by atoms with Crippen LogP contribution in [0.5, 0.6) is 0 Å². The Morgan fingerprint density at radius 1 is 1.42 bits per heavy atom. The zero-order valence-electron chi connectivity index (χ0n) is 11.9. The van der Waals surface area contributed by atoms with Crippen molar-refractivity contribution < 1.29 is 4.79 Å². The minimum absolute atomic E-state index is 0.0567. The fourth-order valence-electron chi connectivity index (χ4n) is 2.63. The van der Waals surface area contributed by atoms with Gasteiger partial charge >= 0.3 is 0 Å². The summed E-state index contributed by atoms with van der Waals surface area (Å²) >= 11 is 0. The minimum atomic E-state index is -0.0567. The van der Waals surface area contributed by atoms with Gasteiger partial charge < -0.3 is 15.5 Å². The molecule has 1 heterocycles. The fourth-order valence-corrected chi connectivity index (χ4v) is 2.63. The molecular weight excluding hydrogens is 240 g/mol. The Bertz CT molecular complexity index is 468. The lowest BCUT2D eigenvalue weighted by Crippen LogP contribution is -2.57. The highest BCUT2D eigenvalue weighted by Crippen LogP contribution is 2.36. The van der Waals surface area contributed by atoms with Crippen LogP contribution in [0.2, 0.25) is 0 Å². The van der Waals surface area contributed by atoms with Gasteiger partial charge in [0.25, 0.3) is 5.91 Å². The molecule has 1 aromatic heterocycles. The molecular formula is C14H22N4O. The van der Waals surface area contributed by atoms with Crippen LogP contribution in [0.1, 0.15) is 29.6 Å². The van der Waals surface area contributed by atoms with Crippen LogP contribution >= 0.6 is 0 Å². The third kappa shape index (κ3) is 2.56. The first-order valence-electron chi connectivity index (χ1n) is 6.59. The highest BCUT2D eigenvalue weighted by Gasteiger charge is 2.40. The van der Waals surface area contributed by atoms with Crippen molar-refractivity contribution in [2.24, 2.45) is 0 Å². The van der Waals surface area contributed by atoms with E-state index in [1.54, 1.807) is 17.2 Å². The van der Waals surface area contributed by atoms with Crippen LogP contribution < -0.4 is 5.73 Å². The first-order chi connectivity index (χ1) is 8.96. The number of likely N-dealkylation sites (N-methyl/N-ethyl adjacent to an activating group) is 2. The number of hydrogen-bond acceptors (Lipinski definition) is 4. The fraction of sp³-hybridized carbons (Fsp3) is 0.571. The average molecular weight is 262 g/mol. The van der Waals surface area contributed by atoms with E-state index in [9.17, 15) is 4.79 Å². The van der Waals surface area contributed by atoms with Crippen LogP contribution in [0.4, 0.5) is 5.69 Å². The summed E-state index contributed by atoms with van der Waals surface area (Å²) in [6, 6.07) is 1.66. The molecule has 104 valence electrons. The van der Waals surface area contributed by atoms with Gasteiger partial charge in [-0.2, -0.15) is 0 Å². The van der Waals surface area contributed by atoms with Crippen molar-refractivity contribution in [3.63, 3.8) is 0 Å². The van der Waals surface area contributed by atoms with Crippen LogP contribution in [-0.4, -0.2) is 53.9 Å². The number of carbonyl (C=O) groups excluding carboxylic acids is 1. The lowest BCUT2D eigenvalue weighted by atomic mass is 9.75. The molecule has 0 spiro atoms. The van der Waals surface area contributed by atoms with Crippen molar-refractivity contribution in [1.29, 1.82) is 0 Å². The van der Waals surface area contributed by atoms with Crippen LogP contribution in [0.25, 0.3) is 0 Å². The van der Waals surface area contributed by atoms with E-state index in [0.717, 1.165) is 19.4 Å². The number of carbonyl (C=O) groups is 1. The number of nitrogens with zero attached hydrogens (tertiary/aromatic N) is 3. The number of hydrogen-bond donors (Lipinski definition) is 1. The summed E-state index contributed by atoms with van der Waals surface area (Å²) in [4.78, 5) is 20.4. The van der Waals surface area contributed by atoms with Gasteiger partial charge in [0.05, 0.1) is 5.56 Å². The zero-order valence-corrected chi connectivity index (χ0v) is 11.9. The maximum absolute atomic E-state index is 12.4. The molecule has 1 aliphatic rings. The van der Waals surface area contributed by atoms with Crippen LogP contribution in [0.15, 0.2) is 18.5 Å². The number of rotatable bonds is 4. The number of aromatic nitrogens is 1. The maximum atomic E-state index is 12.4. The van der Waals surface area contributed by atoms with E-state index in [0.29, 0.717) is 11.3 Å². The molecule has 0 radical (unpaired) electrons. The monoisotopic (exact) mass is 262 g/mol. The maximum Gasteiger partial charge on any atom is 0.257 e. The largest absolute Gasteiger partial charge is 0.398 e.